The number of amides is 1. The van der Waals surface area contributed by atoms with E-state index >= 15 is 0 Å². The number of ether oxygens (including phenoxy) is 2. The highest BCUT2D eigenvalue weighted by molar-refractivity contribution is 6.30. The van der Waals surface area contributed by atoms with Crippen molar-refractivity contribution in [3.8, 4) is 5.75 Å². The summed E-state index contributed by atoms with van der Waals surface area (Å²) in [5, 5.41) is 0.714. The molecule has 0 saturated heterocycles. The molecule has 1 amide bonds. The first-order valence-electron chi connectivity index (χ1n) is 9.41. The number of benzene rings is 2. The molecule has 0 aliphatic rings. The first kappa shape index (κ1) is 21.0. The molecule has 3 rings (SSSR count). The minimum atomic E-state index is -0.0588. The summed E-state index contributed by atoms with van der Waals surface area (Å²) in [4.78, 5) is 14.9. The van der Waals surface area contributed by atoms with E-state index in [1.807, 2.05) is 54.7 Å². The Balaban J connectivity index is 1.80. The average molecular weight is 413 g/mol. The first-order chi connectivity index (χ1) is 14.1. The van der Waals surface area contributed by atoms with Crippen LogP contribution in [0, 0.1) is 0 Å². The number of hydrogen-bond acceptors (Lipinski definition) is 3. The van der Waals surface area contributed by atoms with E-state index in [1.54, 1.807) is 31.3 Å². The Bertz CT molecular complexity index is 955. The van der Waals surface area contributed by atoms with Crippen molar-refractivity contribution < 1.29 is 14.3 Å². The summed E-state index contributed by atoms with van der Waals surface area (Å²) >= 11 is 6.11. The van der Waals surface area contributed by atoms with Gasteiger partial charge in [0.25, 0.3) is 5.91 Å². The molecule has 1 heterocycles. The second-order valence-electron chi connectivity index (χ2n) is 6.71. The largest absolute Gasteiger partial charge is 0.497 e. The maximum absolute atomic E-state index is 13.1. The lowest BCUT2D eigenvalue weighted by Crippen LogP contribution is -2.34. The van der Waals surface area contributed by atoms with Gasteiger partial charge in [-0.25, -0.2) is 0 Å². The Labute approximate surface area is 176 Å². The topological polar surface area (TPSA) is 43.7 Å². The highest BCUT2D eigenvalue weighted by atomic mass is 35.5. The highest BCUT2D eigenvalue weighted by Crippen LogP contribution is 2.18. The fraction of sp³-hybridized carbons (Fsp3) is 0.261. The smallest absolute Gasteiger partial charge is 0.254 e. The van der Waals surface area contributed by atoms with E-state index in [9.17, 15) is 4.79 Å². The van der Waals surface area contributed by atoms with Crippen LogP contribution in [0.15, 0.2) is 66.9 Å². The minimum Gasteiger partial charge on any atom is -0.497 e. The normalized spacial score (nSPS) is 10.7. The van der Waals surface area contributed by atoms with Gasteiger partial charge in [0.1, 0.15) is 5.75 Å². The van der Waals surface area contributed by atoms with E-state index in [0.29, 0.717) is 42.6 Å². The Hall–Kier alpha value is -2.76. The zero-order valence-corrected chi connectivity index (χ0v) is 17.4. The molecular formula is C23H25ClN2O3. The second-order valence-corrected chi connectivity index (χ2v) is 7.15. The summed E-state index contributed by atoms with van der Waals surface area (Å²) in [6.07, 6.45) is 2.01. The first-order valence-corrected chi connectivity index (χ1v) is 9.79. The van der Waals surface area contributed by atoms with Gasteiger partial charge in [-0.2, -0.15) is 0 Å². The van der Waals surface area contributed by atoms with Crippen LogP contribution < -0.4 is 4.74 Å². The molecule has 0 bridgehead atoms. The Morgan fingerprint density at radius 3 is 2.66 bits per heavy atom. The van der Waals surface area contributed by atoms with E-state index in [0.717, 1.165) is 11.3 Å². The van der Waals surface area contributed by atoms with Crippen molar-refractivity contribution in [3.63, 3.8) is 0 Å². The van der Waals surface area contributed by atoms with Crippen molar-refractivity contribution >= 4 is 17.5 Å². The predicted molar refractivity (Wildman–Crippen MR) is 115 cm³/mol. The molecule has 0 spiro atoms. The van der Waals surface area contributed by atoms with E-state index in [4.69, 9.17) is 21.1 Å². The van der Waals surface area contributed by atoms with Crippen molar-refractivity contribution in [1.82, 2.24) is 9.47 Å². The molecule has 0 fully saturated rings. The third kappa shape index (κ3) is 5.62. The van der Waals surface area contributed by atoms with Crippen molar-refractivity contribution in [2.75, 3.05) is 27.4 Å². The standard InChI is InChI=1S/C23H25ClN2O3/c1-28-13-12-26(23(27)19-7-4-10-22(15-19)29-2)17-21-9-5-11-25(21)16-18-6-3-8-20(24)14-18/h3-11,14-15H,12-13,16-17H2,1-2H3. The molecule has 6 heteroatoms. The molecule has 0 N–H and O–H groups in total. The maximum atomic E-state index is 13.1. The van der Waals surface area contributed by atoms with Crippen molar-refractivity contribution in [3.05, 3.63) is 88.7 Å². The molecular weight excluding hydrogens is 388 g/mol. The molecule has 1 aromatic heterocycles. The Morgan fingerprint density at radius 1 is 1.07 bits per heavy atom. The number of hydrogen-bond donors (Lipinski definition) is 0. The van der Waals surface area contributed by atoms with Gasteiger partial charge in [0, 0.05) is 42.7 Å². The number of carbonyl (C=O) groups is 1. The number of carbonyl (C=O) groups excluding carboxylic acids is 1. The molecule has 0 radical (unpaired) electrons. The maximum Gasteiger partial charge on any atom is 0.254 e. The lowest BCUT2D eigenvalue weighted by Gasteiger charge is -2.24. The molecule has 0 aliphatic carbocycles. The summed E-state index contributed by atoms with van der Waals surface area (Å²) < 4.78 is 12.6. The molecule has 2 aromatic carbocycles. The summed E-state index contributed by atoms with van der Waals surface area (Å²) in [6.45, 7) is 2.13. The number of aromatic nitrogens is 1. The van der Waals surface area contributed by atoms with Gasteiger partial charge in [-0.3, -0.25) is 4.79 Å². The van der Waals surface area contributed by atoms with Gasteiger partial charge in [-0.1, -0.05) is 29.8 Å². The van der Waals surface area contributed by atoms with Gasteiger partial charge in [0.2, 0.25) is 0 Å². The van der Waals surface area contributed by atoms with Crippen LogP contribution in [0.4, 0.5) is 0 Å². The van der Waals surface area contributed by atoms with Crippen LogP contribution in [0.5, 0.6) is 5.75 Å². The lowest BCUT2D eigenvalue weighted by molar-refractivity contribution is 0.0675. The molecule has 0 unspecified atom stereocenters. The van der Waals surface area contributed by atoms with Gasteiger partial charge < -0.3 is 18.9 Å². The van der Waals surface area contributed by atoms with Gasteiger partial charge in [0.05, 0.1) is 20.3 Å². The van der Waals surface area contributed by atoms with Crippen molar-refractivity contribution in [1.29, 1.82) is 0 Å². The molecule has 0 aliphatic heterocycles. The number of rotatable bonds is 9. The SMILES string of the molecule is COCCN(Cc1cccn1Cc1cccc(Cl)c1)C(=O)c1cccc(OC)c1. The van der Waals surface area contributed by atoms with Crippen LogP contribution in [-0.4, -0.2) is 42.7 Å². The molecule has 152 valence electrons. The minimum absolute atomic E-state index is 0.0588. The molecule has 3 aromatic rings. The van der Waals surface area contributed by atoms with E-state index < -0.39 is 0 Å². The number of methoxy groups -OCH3 is 2. The van der Waals surface area contributed by atoms with Crippen LogP contribution in [0.25, 0.3) is 0 Å². The lowest BCUT2D eigenvalue weighted by atomic mass is 10.1. The summed E-state index contributed by atoms with van der Waals surface area (Å²) in [7, 11) is 3.23. The Morgan fingerprint density at radius 2 is 1.90 bits per heavy atom. The molecule has 0 atom stereocenters. The van der Waals surface area contributed by atoms with Crippen molar-refractivity contribution in [2.24, 2.45) is 0 Å². The zero-order valence-electron chi connectivity index (χ0n) is 16.7. The van der Waals surface area contributed by atoms with Crippen molar-refractivity contribution in [2.45, 2.75) is 13.1 Å². The number of nitrogens with zero attached hydrogens (tertiary/aromatic N) is 2. The fourth-order valence-corrected chi connectivity index (χ4v) is 3.38. The van der Waals surface area contributed by atoms with Crippen LogP contribution in [-0.2, 0) is 17.8 Å². The third-order valence-electron chi connectivity index (χ3n) is 4.69. The van der Waals surface area contributed by atoms with Gasteiger partial charge >= 0.3 is 0 Å². The van der Waals surface area contributed by atoms with Gasteiger partial charge in [0.15, 0.2) is 0 Å². The van der Waals surface area contributed by atoms with E-state index in [2.05, 4.69) is 4.57 Å². The van der Waals surface area contributed by atoms with Crippen LogP contribution >= 0.6 is 11.6 Å². The van der Waals surface area contributed by atoms with Crippen LogP contribution in [0.2, 0.25) is 5.02 Å². The number of halogens is 1. The summed E-state index contributed by atoms with van der Waals surface area (Å²) in [6, 6.07) is 19.0. The summed E-state index contributed by atoms with van der Waals surface area (Å²) in [5.41, 5.74) is 2.74. The predicted octanol–water partition coefficient (Wildman–Crippen LogP) is 4.49. The quantitative estimate of drug-likeness (QED) is 0.520. The monoisotopic (exact) mass is 412 g/mol. The summed E-state index contributed by atoms with van der Waals surface area (Å²) in [5.74, 6) is 0.600. The van der Waals surface area contributed by atoms with Crippen LogP contribution in [0.1, 0.15) is 21.6 Å². The van der Waals surface area contributed by atoms with Gasteiger partial charge in [-0.15, -0.1) is 0 Å². The average Bonchev–Trinajstić information content (AvgIpc) is 3.17. The zero-order chi connectivity index (χ0) is 20.6. The second kappa shape index (κ2) is 10.1. The van der Waals surface area contributed by atoms with E-state index in [1.165, 1.54) is 0 Å². The molecule has 5 nitrogen and oxygen atoms in total. The molecule has 29 heavy (non-hydrogen) atoms. The fourth-order valence-electron chi connectivity index (χ4n) is 3.17. The molecule has 0 saturated carbocycles. The Kier molecular flexibility index (Phi) is 7.33. The third-order valence-corrected chi connectivity index (χ3v) is 4.92. The van der Waals surface area contributed by atoms with E-state index in [-0.39, 0.29) is 5.91 Å². The van der Waals surface area contributed by atoms with Gasteiger partial charge in [-0.05, 0) is 48.0 Å². The highest BCUT2D eigenvalue weighted by Gasteiger charge is 2.18. The van der Waals surface area contributed by atoms with Crippen LogP contribution in [0.3, 0.4) is 0 Å².